The van der Waals surface area contributed by atoms with Crippen molar-refractivity contribution < 1.29 is 32.8 Å². The van der Waals surface area contributed by atoms with Crippen LogP contribution >= 0.6 is 0 Å². The maximum absolute atomic E-state index is 6.64. The SMILES string of the molecule is C#CC[C@H](C[C@@H](OCOC)[C@@H](COCc1ccc(OC)cc1)OCOC)O[Si](C)(C)C(C)(C)C. The molecule has 0 spiro atoms. The Morgan fingerprint density at radius 1 is 0.941 bits per heavy atom. The largest absolute Gasteiger partial charge is 0.497 e. The summed E-state index contributed by atoms with van der Waals surface area (Å²) in [6.07, 6.45) is 5.83. The van der Waals surface area contributed by atoms with E-state index in [4.69, 9.17) is 39.3 Å². The number of hydrogen-bond acceptors (Lipinski definition) is 7. The van der Waals surface area contributed by atoms with Crippen LogP contribution < -0.4 is 4.74 Å². The molecule has 3 atom stereocenters. The van der Waals surface area contributed by atoms with Crippen LogP contribution in [0.2, 0.25) is 18.1 Å². The van der Waals surface area contributed by atoms with Crippen LogP contribution in [-0.4, -0.2) is 68.2 Å². The summed E-state index contributed by atoms with van der Waals surface area (Å²) < 4.78 is 40.2. The molecule has 1 rings (SSSR count). The van der Waals surface area contributed by atoms with Gasteiger partial charge in [-0.2, -0.15) is 0 Å². The fourth-order valence-corrected chi connectivity index (χ4v) is 4.44. The molecule has 0 amide bonds. The molecule has 0 aliphatic heterocycles. The Hall–Kier alpha value is -1.44. The first-order valence-electron chi connectivity index (χ1n) is 11.6. The molecule has 34 heavy (non-hydrogen) atoms. The van der Waals surface area contributed by atoms with Gasteiger partial charge in [0.1, 0.15) is 25.4 Å². The normalized spacial score (nSPS) is 14.9. The fraction of sp³-hybridized carbons (Fsp3) is 0.692. The first-order chi connectivity index (χ1) is 16.1. The van der Waals surface area contributed by atoms with Gasteiger partial charge in [0.25, 0.3) is 0 Å². The van der Waals surface area contributed by atoms with E-state index in [-0.39, 0.29) is 30.8 Å². The third-order valence-electron chi connectivity index (χ3n) is 6.03. The van der Waals surface area contributed by atoms with E-state index in [1.807, 2.05) is 24.3 Å². The van der Waals surface area contributed by atoms with Crippen molar-refractivity contribution in [1.82, 2.24) is 0 Å². The Balaban J connectivity index is 2.93. The Morgan fingerprint density at radius 3 is 2.03 bits per heavy atom. The van der Waals surface area contributed by atoms with Gasteiger partial charge in [-0.15, -0.1) is 12.3 Å². The molecule has 194 valence electrons. The summed E-state index contributed by atoms with van der Waals surface area (Å²) in [6, 6.07) is 7.76. The predicted octanol–water partition coefficient (Wildman–Crippen LogP) is 4.99. The quantitative estimate of drug-likeness (QED) is 0.171. The van der Waals surface area contributed by atoms with E-state index in [0.717, 1.165) is 11.3 Å². The Labute approximate surface area is 207 Å². The lowest BCUT2D eigenvalue weighted by atomic mass is 10.0. The van der Waals surface area contributed by atoms with E-state index in [9.17, 15) is 0 Å². The number of benzene rings is 1. The molecule has 7 nitrogen and oxygen atoms in total. The number of rotatable bonds is 17. The summed E-state index contributed by atoms with van der Waals surface area (Å²) in [5, 5.41) is 0.0656. The molecule has 0 saturated carbocycles. The zero-order chi connectivity index (χ0) is 25.6. The minimum atomic E-state index is -2.03. The van der Waals surface area contributed by atoms with Gasteiger partial charge in [0.05, 0.1) is 32.5 Å². The molecular weight excluding hydrogens is 452 g/mol. The molecule has 0 unspecified atom stereocenters. The standard InChI is InChI=1S/C26H44O7Si/c1-10-11-23(33-34(8,9)26(2,3)4)16-24(31-19-27-5)25(32-20-28-6)18-30-17-21-12-14-22(29-7)15-13-21/h1,12-15,23-25H,11,16-20H2,2-9H3/t23-,24-,25-/m1/s1. The van der Waals surface area contributed by atoms with Crippen LogP contribution in [-0.2, 0) is 34.7 Å². The summed E-state index contributed by atoms with van der Waals surface area (Å²) in [5.41, 5.74) is 1.03. The maximum atomic E-state index is 6.64. The van der Waals surface area contributed by atoms with Crippen molar-refractivity contribution in [2.45, 2.75) is 76.7 Å². The van der Waals surface area contributed by atoms with E-state index in [1.54, 1.807) is 21.3 Å². The summed E-state index contributed by atoms with van der Waals surface area (Å²) in [5.74, 6) is 3.57. The minimum absolute atomic E-state index is 0.0656. The van der Waals surface area contributed by atoms with Crippen molar-refractivity contribution in [3.05, 3.63) is 29.8 Å². The zero-order valence-corrected chi connectivity index (χ0v) is 23.2. The predicted molar refractivity (Wildman–Crippen MR) is 136 cm³/mol. The van der Waals surface area contributed by atoms with E-state index in [2.05, 4.69) is 39.8 Å². The summed E-state index contributed by atoms with van der Waals surface area (Å²) >= 11 is 0. The molecule has 0 aliphatic rings. The molecule has 0 bridgehead atoms. The average molecular weight is 497 g/mol. The van der Waals surface area contributed by atoms with Crippen LogP contribution in [0.4, 0.5) is 0 Å². The smallest absolute Gasteiger partial charge is 0.192 e. The first-order valence-corrected chi connectivity index (χ1v) is 14.5. The van der Waals surface area contributed by atoms with Crippen LogP contribution in [0.25, 0.3) is 0 Å². The van der Waals surface area contributed by atoms with Gasteiger partial charge in [-0.3, -0.25) is 0 Å². The van der Waals surface area contributed by atoms with E-state index < -0.39 is 14.4 Å². The molecule has 0 N–H and O–H groups in total. The monoisotopic (exact) mass is 496 g/mol. The summed E-state index contributed by atoms with van der Waals surface area (Å²) in [6.45, 7) is 12.1. The Morgan fingerprint density at radius 2 is 1.53 bits per heavy atom. The third-order valence-corrected chi connectivity index (χ3v) is 10.6. The molecule has 0 heterocycles. The summed E-state index contributed by atoms with van der Waals surface area (Å²) in [7, 11) is 2.79. The van der Waals surface area contributed by atoms with Crippen molar-refractivity contribution in [2.75, 3.05) is 41.5 Å². The molecule has 0 fully saturated rings. The lowest BCUT2D eigenvalue weighted by molar-refractivity contribution is -0.179. The first kappa shape index (κ1) is 30.6. The molecule has 1 aromatic rings. The highest BCUT2D eigenvalue weighted by Crippen LogP contribution is 2.38. The van der Waals surface area contributed by atoms with E-state index >= 15 is 0 Å². The van der Waals surface area contributed by atoms with Gasteiger partial charge in [-0.1, -0.05) is 32.9 Å². The van der Waals surface area contributed by atoms with Crippen LogP contribution in [0.1, 0.15) is 39.2 Å². The van der Waals surface area contributed by atoms with Crippen molar-refractivity contribution >= 4 is 8.32 Å². The molecule has 0 radical (unpaired) electrons. The van der Waals surface area contributed by atoms with Crippen molar-refractivity contribution in [1.29, 1.82) is 0 Å². The summed E-state index contributed by atoms with van der Waals surface area (Å²) in [4.78, 5) is 0. The van der Waals surface area contributed by atoms with Crippen molar-refractivity contribution in [3.63, 3.8) is 0 Å². The van der Waals surface area contributed by atoms with Gasteiger partial charge in [-0.25, -0.2) is 0 Å². The highest BCUT2D eigenvalue weighted by Gasteiger charge is 2.40. The third kappa shape index (κ3) is 10.9. The lowest BCUT2D eigenvalue weighted by Gasteiger charge is -2.40. The second-order valence-electron chi connectivity index (χ2n) is 9.73. The van der Waals surface area contributed by atoms with E-state index in [1.165, 1.54) is 0 Å². The molecule has 0 aromatic heterocycles. The topological polar surface area (TPSA) is 64.6 Å². The van der Waals surface area contributed by atoms with Crippen LogP contribution in [0, 0.1) is 12.3 Å². The Bertz CT molecular complexity index is 709. The van der Waals surface area contributed by atoms with Crippen molar-refractivity contribution in [2.24, 2.45) is 0 Å². The highest BCUT2D eigenvalue weighted by molar-refractivity contribution is 6.74. The highest BCUT2D eigenvalue weighted by atomic mass is 28.4. The maximum Gasteiger partial charge on any atom is 0.192 e. The lowest BCUT2D eigenvalue weighted by Crippen LogP contribution is -2.46. The Kier molecular flexibility index (Phi) is 14.0. The van der Waals surface area contributed by atoms with Crippen LogP contribution in [0.3, 0.4) is 0 Å². The van der Waals surface area contributed by atoms with Crippen LogP contribution in [0.5, 0.6) is 5.75 Å². The zero-order valence-electron chi connectivity index (χ0n) is 22.2. The average Bonchev–Trinajstić information content (AvgIpc) is 2.78. The molecule has 8 heteroatoms. The van der Waals surface area contributed by atoms with Gasteiger partial charge in [0, 0.05) is 27.1 Å². The van der Waals surface area contributed by atoms with E-state index in [0.29, 0.717) is 26.1 Å². The second kappa shape index (κ2) is 15.5. The van der Waals surface area contributed by atoms with Gasteiger partial charge >= 0.3 is 0 Å². The molecule has 0 saturated heterocycles. The van der Waals surface area contributed by atoms with Crippen molar-refractivity contribution in [3.8, 4) is 18.1 Å². The van der Waals surface area contributed by atoms with Gasteiger partial charge in [-0.05, 0) is 35.8 Å². The molecule has 1 aromatic carbocycles. The van der Waals surface area contributed by atoms with Gasteiger partial charge in [0.2, 0.25) is 0 Å². The number of methoxy groups -OCH3 is 3. The fourth-order valence-electron chi connectivity index (χ4n) is 3.07. The number of hydrogen-bond donors (Lipinski definition) is 0. The molecular formula is C26H44O7Si. The number of ether oxygens (including phenoxy) is 6. The minimum Gasteiger partial charge on any atom is -0.497 e. The van der Waals surface area contributed by atoms with Gasteiger partial charge in [0.15, 0.2) is 8.32 Å². The second-order valence-corrected chi connectivity index (χ2v) is 14.5. The van der Waals surface area contributed by atoms with Gasteiger partial charge < -0.3 is 32.8 Å². The molecule has 0 aliphatic carbocycles. The number of terminal acetylenes is 1. The van der Waals surface area contributed by atoms with Crippen LogP contribution in [0.15, 0.2) is 24.3 Å².